The van der Waals surface area contributed by atoms with Crippen molar-refractivity contribution in [3.63, 3.8) is 0 Å². The van der Waals surface area contributed by atoms with Crippen molar-refractivity contribution < 1.29 is 9.18 Å². The highest BCUT2D eigenvalue weighted by molar-refractivity contribution is 5.93. The van der Waals surface area contributed by atoms with E-state index in [0.29, 0.717) is 24.3 Å². The van der Waals surface area contributed by atoms with Crippen LogP contribution in [0.3, 0.4) is 0 Å². The number of rotatable bonds is 4. The topological polar surface area (TPSA) is 68.0 Å². The summed E-state index contributed by atoms with van der Waals surface area (Å²) in [6, 6.07) is 9.41. The molecular weight excluding hydrogens is 245 g/mol. The predicted octanol–water partition coefficient (Wildman–Crippen LogP) is 1.78. The number of anilines is 1. The highest BCUT2D eigenvalue weighted by Crippen LogP contribution is 2.04. The van der Waals surface area contributed by atoms with Crippen LogP contribution in [0.4, 0.5) is 10.2 Å². The number of nitrogen functional groups attached to an aromatic ring is 1. The summed E-state index contributed by atoms with van der Waals surface area (Å²) in [7, 11) is 0. The maximum atomic E-state index is 12.7. The van der Waals surface area contributed by atoms with Gasteiger partial charge < -0.3 is 11.1 Å². The Morgan fingerprint density at radius 2 is 1.95 bits per heavy atom. The Morgan fingerprint density at radius 3 is 2.58 bits per heavy atom. The van der Waals surface area contributed by atoms with E-state index in [9.17, 15) is 9.18 Å². The van der Waals surface area contributed by atoms with Crippen LogP contribution in [-0.2, 0) is 6.42 Å². The summed E-state index contributed by atoms with van der Waals surface area (Å²) in [5.74, 6) is -0.0850. The summed E-state index contributed by atoms with van der Waals surface area (Å²) in [6.45, 7) is 0.481. The zero-order valence-electron chi connectivity index (χ0n) is 10.3. The van der Waals surface area contributed by atoms with Crippen LogP contribution in [-0.4, -0.2) is 17.4 Å². The van der Waals surface area contributed by atoms with E-state index < -0.39 is 0 Å². The van der Waals surface area contributed by atoms with Gasteiger partial charge in [0.05, 0.1) is 5.56 Å². The quantitative estimate of drug-likeness (QED) is 0.879. The smallest absolute Gasteiger partial charge is 0.252 e. The maximum Gasteiger partial charge on any atom is 0.252 e. The van der Waals surface area contributed by atoms with E-state index in [1.54, 1.807) is 24.3 Å². The molecule has 0 spiro atoms. The van der Waals surface area contributed by atoms with Crippen LogP contribution in [0, 0.1) is 5.82 Å². The second-order valence-electron chi connectivity index (χ2n) is 4.10. The van der Waals surface area contributed by atoms with Gasteiger partial charge in [-0.1, -0.05) is 12.1 Å². The van der Waals surface area contributed by atoms with Gasteiger partial charge in [0.25, 0.3) is 5.91 Å². The van der Waals surface area contributed by atoms with Gasteiger partial charge in [-0.05, 0) is 36.2 Å². The number of nitrogens with one attached hydrogen (secondary N) is 1. The number of nitrogens with zero attached hydrogens (tertiary/aromatic N) is 1. The first-order valence-electron chi connectivity index (χ1n) is 5.89. The second kappa shape index (κ2) is 5.95. The molecule has 0 saturated carbocycles. The molecule has 0 bridgehead atoms. The molecule has 1 aromatic carbocycles. The van der Waals surface area contributed by atoms with Crippen molar-refractivity contribution in [2.24, 2.45) is 0 Å². The van der Waals surface area contributed by atoms with E-state index in [0.717, 1.165) is 5.56 Å². The minimum atomic E-state index is -0.263. The van der Waals surface area contributed by atoms with E-state index in [2.05, 4.69) is 10.3 Å². The summed E-state index contributed by atoms with van der Waals surface area (Å²) in [5, 5.41) is 2.77. The maximum absolute atomic E-state index is 12.7. The largest absolute Gasteiger partial charge is 0.384 e. The number of nitrogens with two attached hydrogens (primary N) is 1. The van der Waals surface area contributed by atoms with Crippen LogP contribution < -0.4 is 11.1 Å². The Labute approximate surface area is 110 Å². The Bertz CT molecular complexity index is 552. The van der Waals surface area contributed by atoms with Crippen LogP contribution in [0.2, 0.25) is 0 Å². The van der Waals surface area contributed by atoms with E-state index >= 15 is 0 Å². The summed E-state index contributed by atoms with van der Waals surface area (Å²) < 4.78 is 12.7. The van der Waals surface area contributed by atoms with Crippen LogP contribution in [0.5, 0.6) is 0 Å². The van der Waals surface area contributed by atoms with Gasteiger partial charge in [0, 0.05) is 12.7 Å². The van der Waals surface area contributed by atoms with E-state index in [-0.39, 0.29) is 11.7 Å². The normalized spacial score (nSPS) is 10.2. The molecule has 0 aliphatic rings. The molecule has 98 valence electrons. The molecule has 19 heavy (non-hydrogen) atoms. The lowest BCUT2D eigenvalue weighted by Crippen LogP contribution is -2.25. The molecule has 2 aromatic rings. The highest BCUT2D eigenvalue weighted by atomic mass is 19.1. The fraction of sp³-hybridized carbons (Fsp3) is 0.143. The summed E-state index contributed by atoms with van der Waals surface area (Å²) in [5.41, 5.74) is 6.88. The Morgan fingerprint density at radius 1 is 1.21 bits per heavy atom. The van der Waals surface area contributed by atoms with Gasteiger partial charge in [-0.15, -0.1) is 0 Å². The first kappa shape index (κ1) is 13.0. The van der Waals surface area contributed by atoms with Crippen molar-refractivity contribution in [1.29, 1.82) is 0 Å². The predicted molar refractivity (Wildman–Crippen MR) is 71.1 cm³/mol. The lowest BCUT2D eigenvalue weighted by atomic mass is 10.1. The summed E-state index contributed by atoms with van der Waals surface area (Å²) in [6.07, 6.45) is 2.08. The van der Waals surface area contributed by atoms with Crippen molar-refractivity contribution in [3.8, 4) is 0 Å². The van der Waals surface area contributed by atoms with Gasteiger partial charge in [0.15, 0.2) is 0 Å². The molecule has 0 atom stereocenters. The molecule has 0 fully saturated rings. The Balaban J connectivity index is 1.84. The molecule has 0 unspecified atom stereocenters. The standard InChI is InChI=1S/C14H14FN3O/c15-12-4-1-10(2-5-12)7-8-17-14(19)11-3-6-13(16)18-9-11/h1-6,9H,7-8H2,(H2,16,18)(H,17,19). The number of benzene rings is 1. The zero-order valence-corrected chi connectivity index (χ0v) is 10.3. The molecule has 0 aliphatic heterocycles. The number of hydrogen-bond donors (Lipinski definition) is 2. The van der Waals surface area contributed by atoms with Crippen molar-refractivity contribution in [2.45, 2.75) is 6.42 Å². The SMILES string of the molecule is Nc1ccc(C(=O)NCCc2ccc(F)cc2)cn1. The van der Waals surface area contributed by atoms with Crippen molar-refractivity contribution >= 4 is 11.7 Å². The lowest BCUT2D eigenvalue weighted by Gasteiger charge is -2.05. The summed E-state index contributed by atoms with van der Waals surface area (Å²) in [4.78, 5) is 15.6. The number of hydrogen-bond acceptors (Lipinski definition) is 3. The fourth-order valence-corrected chi connectivity index (χ4v) is 1.61. The molecule has 0 radical (unpaired) electrons. The Kier molecular flexibility index (Phi) is 4.07. The zero-order chi connectivity index (χ0) is 13.7. The molecule has 1 aromatic heterocycles. The fourth-order valence-electron chi connectivity index (χ4n) is 1.61. The van der Waals surface area contributed by atoms with Crippen molar-refractivity contribution in [1.82, 2.24) is 10.3 Å². The monoisotopic (exact) mass is 259 g/mol. The number of halogens is 1. The van der Waals surface area contributed by atoms with Crippen LogP contribution in [0.1, 0.15) is 15.9 Å². The number of amides is 1. The number of pyridine rings is 1. The minimum Gasteiger partial charge on any atom is -0.384 e. The molecular formula is C14H14FN3O. The molecule has 1 heterocycles. The third-order valence-corrected chi connectivity index (χ3v) is 2.66. The molecule has 2 rings (SSSR count). The lowest BCUT2D eigenvalue weighted by molar-refractivity contribution is 0.0954. The second-order valence-corrected chi connectivity index (χ2v) is 4.10. The Hall–Kier alpha value is -2.43. The van der Waals surface area contributed by atoms with E-state index in [1.165, 1.54) is 18.3 Å². The number of carbonyl (C=O) groups excluding carboxylic acids is 1. The molecule has 0 saturated heterocycles. The number of carbonyl (C=O) groups is 1. The third kappa shape index (κ3) is 3.77. The van der Waals surface area contributed by atoms with Gasteiger partial charge in [0.2, 0.25) is 0 Å². The van der Waals surface area contributed by atoms with Crippen LogP contribution >= 0.6 is 0 Å². The molecule has 0 aliphatic carbocycles. The van der Waals surface area contributed by atoms with E-state index in [4.69, 9.17) is 5.73 Å². The molecule has 4 nitrogen and oxygen atoms in total. The van der Waals surface area contributed by atoms with Gasteiger partial charge in [-0.2, -0.15) is 0 Å². The van der Waals surface area contributed by atoms with Crippen molar-refractivity contribution in [3.05, 3.63) is 59.5 Å². The first-order valence-corrected chi connectivity index (χ1v) is 5.89. The highest BCUT2D eigenvalue weighted by Gasteiger charge is 2.04. The summed E-state index contributed by atoms with van der Waals surface area (Å²) >= 11 is 0. The van der Waals surface area contributed by atoms with E-state index in [1.807, 2.05) is 0 Å². The third-order valence-electron chi connectivity index (χ3n) is 2.66. The molecule has 3 N–H and O–H groups in total. The average molecular weight is 259 g/mol. The van der Waals surface area contributed by atoms with Crippen LogP contribution in [0.25, 0.3) is 0 Å². The average Bonchev–Trinajstić information content (AvgIpc) is 2.41. The van der Waals surface area contributed by atoms with Crippen LogP contribution in [0.15, 0.2) is 42.6 Å². The molecule has 5 heteroatoms. The number of aromatic nitrogens is 1. The van der Waals surface area contributed by atoms with Gasteiger partial charge in [0.1, 0.15) is 11.6 Å². The van der Waals surface area contributed by atoms with Crippen molar-refractivity contribution in [2.75, 3.05) is 12.3 Å². The van der Waals surface area contributed by atoms with Gasteiger partial charge in [-0.25, -0.2) is 9.37 Å². The first-order chi connectivity index (χ1) is 9.15. The van der Waals surface area contributed by atoms with Gasteiger partial charge in [-0.3, -0.25) is 4.79 Å². The van der Waals surface area contributed by atoms with Gasteiger partial charge >= 0.3 is 0 Å². The minimum absolute atomic E-state index is 0.199. The molecule has 1 amide bonds.